The summed E-state index contributed by atoms with van der Waals surface area (Å²) in [4.78, 5) is 0. The maximum atomic E-state index is 13.0. The van der Waals surface area contributed by atoms with Gasteiger partial charge in [0, 0.05) is 19.2 Å². The molecule has 0 amide bonds. The third kappa shape index (κ3) is 5.80. The predicted molar refractivity (Wildman–Crippen MR) is 68.5 cm³/mol. The molecule has 17 heavy (non-hydrogen) atoms. The molecule has 0 aliphatic carbocycles. The predicted octanol–water partition coefficient (Wildman–Crippen LogP) is 3.29. The Morgan fingerprint density at radius 1 is 1.35 bits per heavy atom. The minimum Gasteiger partial charge on any atom is -0.380 e. The molecular formula is C14H22FNO. The van der Waals surface area contributed by atoms with E-state index < -0.39 is 0 Å². The average molecular weight is 239 g/mol. The number of nitrogens with one attached hydrogen (secondary N) is 1. The van der Waals surface area contributed by atoms with Gasteiger partial charge >= 0.3 is 0 Å². The molecule has 3 heteroatoms. The lowest BCUT2D eigenvalue weighted by atomic mass is 10.1. The van der Waals surface area contributed by atoms with E-state index in [0.717, 1.165) is 31.6 Å². The summed E-state index contributed by atoms with van der Waals surface area (Å²) in [6, 6.07) is 6.85. The summed E-state index contributed by atoms with van der Waals surface area (Å²) in [7, 11) is 0. The van der Waals surface area contributed by atoms with Gasteiger partial charge in [0.25, 0.3) is 0 Å². The Morgan fingerprint density at radius 3 is 2.88 bits per heavy atom. The molecule has 96 valence electrons. The Hall–Kier alpha value is -0.930. The lowest BCUT2D eigenvalue weighted by Crippen LogP contribution is -2.23. The highest BCUT2D eigenvalue weighted by molar-refractivity contribution is 5.19. The van der Waals surface area contributed by atoms with Crippen molar-refractivity contribution in [3.63, 3.8) is 0 Å². The van der Waals surface area contributed by atoms with Crippen LogP contribution in [-0.4, -0.2) is 19.8 Å². The van der Waals surface area contributed by atoms with E-state index in [-0.39, 0.29) is 11.9 Å². The molecule has 0 radical (unpaired) electrons. The Kier molecular flexibility index (Phi) is 6.82. The first-order chi connectivity index (χ1) is 8.24. The van der Waals surface area contributed by atoms with Crippen LogP contribution in [0.5, 0.6) is 0 Å². The molecule has 1 rings (SSSR count). The molecule has 0 bridgehead atoms. The summed E-state index contributed by atoms with van der Waals surface area (Å²) in [5.74, 6) is -0.185. The van der Waals surface area contributed by atoms with Crippen molar-refractivity contribution in [2.45, 2.75) is 32.7 Å². The van der Waals surface area contributed by atoms with Crippen LogP contribution < -0.4 is 5.32 Å². The van der Waals surface area contributed by atoms with E-state index in [2.05, 4.69) is 12.2 Å². The van der Waals surface area contributed by atoms with E-state index in [1.807, 2.05) is 13.0 Å². The Labute approximate surface area is 103 Å². The highest BCUT2D eigenvalue weighted by Crippen LogP contribution is 2.12. The monoisotopic (exact) mass is 239 g/mol. The van der Waals surface area contributed by atoms with Crippen molar-refractivity contribution in [2.75, 3.05) is 19.8 Å². The molecule has 1 atom stereocenters. The average Bonchev–Trinajstić information content (AvgIpc) is 2.33. The van der Waals surface area contributed by atoms with E-state index in [9.17, 15) is 4.39 Å². The van der Waals surface area contributed by atoms with Crippen LogP contribution in [0.25, 0.3) is 0 Å². The van der Waals surface area contributed by atoms with Gasteiger partial charge in [-0.25, -0.2) is 4.39 Å². The standard InChI is InChI=1S/C14H22FNO/c1-3-4-9-17-10-8-16-12(2)13-6-5-7-14(15)11-13/h5-7,11-12,16H,3-4,8-10H2,1-2H3/t12-/m1/s1. The molecule has 0 unspecified atom stereocenters. The second-order valence-electron chi connectivity index (χ2n) is 4.20. The van der Waals surface area contributed by atoms with Crippen molar-refractivity contribution in [1.82, 2.24) is 5.32 Å². The van der Waals surface area contributed by atoms with Gasteiger partial charge in [0.15, 0.2) is 0 Å². The van der Waals surface area contributed by atoms with Gasteiger partial charge in [-0.2, -0.15) is 0 Å². The van der Waals surface area contributed by atoms with Crippen molar-refractivity contribution < 1.29 is 9.13 Å². The highest BCUT2D eigenvalue weighted by atomic mass is 19.1. The van der Waals surface area contributed by atoms with Gasteiger partial charge in [0.05, 0.1) is 6.61 Å². The van der Waals surface area contributed by atoms with E-state index in [4.69, 9.17) is 4.74 Å². The van der Waals surface area contributed by atoms with Gasteiger partial charge in [-0.05, 0) is 31.0 Å². The Morgan fingerprint density at radius 2 is 2.18 bits per heavy atom. The lowest BCUT2D eigenvalue weighted by Gasteiger charge is -2.14. The lowest BCUT2D eigenvalue weighted by molar-refractivity contribution is 0.131. The van der Waals surface area contributed by atoms with Gasteiger partial charge in [-0.1, -0.05) is 25.5 Å². The number of rotatable bonds is 8. The summed E-state index contributed by atoms with van der Waals surface area (Å²) >= 11 is 0. The fraction of sp³-hybridized carbons (Fsp3) is 0.571. The minimum absolute atomic E-state index is 0.153. The van der Waals surface area contributed by atoms with Crippen LogP contribution in [0.15, 0.2) is 24.3 Å². The van der Waals surface area contributed by atoms with Crippen LogP contribution >= 0.6 is 0 Å². The summed E-state index contributed by atoms with van der Waals surface area (Å²) < 4.78 is 18.5. The summed E-state index contributed by atoms with van der Waals surface area (Å²) in [5.41, 5.74) is 0.971. The van der Waals surface area contributed by atoms with Crippen LogP contribution in [0.3, 0.4) is 0 Å². The van der Waals surface area contributed by atoms with E-state index in [0.29, 0.717) is 6.61 Å². The molecule has 0 aromatic heterocycles. The van der Waals surface area contributed by atoms with Crippen molar-refractivity contribution in [2.24, 2.45) is 0 Å². The number of benzene rings is 1. The molecule has 0 aliphatic heterocycles. The van der Waals surface area contributed by atoms with Crippen LogP contribution in [-0.2, 0) is 4.74 Å². The topological polar surface area (TPSA) is 21.3 Å². The minimum atomic E-state index is -0.185. The summed E-state index contributed by atoms with van der Waals surface area (Å²) in [6.45, 7) is 6.50. The third-order valence-corrected chi connectivity index (χ3v) is 2.69. The first-order valence-corrected chi connectivity index (χ1v) is 6.30. The number of halogens is 1. The maximum absolute atomic E-state index is 13.0. The van der Waals surface area contributed by atoms with Crippen LogP contribution in [0.4, 0.5) is 4.39 Å². The first-order valence-electron chi connectivity index (χ1n) is 6.30. The SMILES string of the molecule is CCCCOCCN[C@H](C)c1cccc(F)c1. The van der Waals surface area contributed by atoms with Gasteiger partial charge in [0.2, 0.25) is 0 Å². The zero-order chi connectivity index (χ0) is 12.5. The molecular weight excluding hydrogens is 217 g/mol. The normalized spacial score (nSPS) is 12.6. The molecule has 0 saturated heterocycles. The molecule has 1 aromatic rings. The molecule has 0 aliphatic rings. The summed E-state index contributed by atoms with van der Waals surface area (Å²) in [6.07, 6.45) is 2.27. The maximum Gasteiger partial charge on any atom is 0.123 e. The zero-order valence-electron chi connectivity index (χ0n) is 10.7. The van der Waals surface area contributed by atoms with Crippen molar-refractivity contribution in [3.05, 3.63) is 35.6 Å². The third-order valence-electron chi connectivity index (χ3n) is 2.69. The van der Waals surface area contributed by atoms with Gasteiger partial charge < -0.3 is 10.1 Å². The second kappa shape index (κ2) is 8.20. The zero-order valence-corrected chi connectivity index (χ0v) is 10.7. The molecule has 1 N–H and O–H groups in total. The summed E-state index contributed by atoms with van der Waals surface area (Å²) in [5, 5.41) is 3.31. The fourth-order valence-corrected chi connectivity index (χ4v) is 1.59. The van der Waals surface area contributed by atoms with Gasteiger partial charge in [-0.3, -0.25) is 0 Å². The largest absolute Gasteiger partial charge is 0.380 e. The van der Waals surface area contributed by atoms with E-state index in [1.54, 1.807) is 12.1 Å². The molecule has 0 saturated carbocycles. The molecule has 2 nitrogen and oxygen atoms in total. The second-order valence-corrected chi connectivity index (χ2v) is 4.20. The number of ether oxygens (including phenoxy) is 1. The quantitative estimate of drug-likeness (QED) is 0.703. The molecule has 0 spiro atoms. The molecule has 0 fully saturated rings. The van der Waals surface area contributed by atoms with Crippen LogP contribution in [0.1, 0.15) is 38.3 Å². The fourth-order valence-electron chi connectivity index (χ4n) is 1.59. The van der Waals surface area contributed by atoms with Crippen molar-refractivity contribution >= 4 is 0 Å². The number of hydrogen-bond donors (Lipinski definition) is 1. The van der Waals surface area contributed by atoms with Crippen molar-refractivity contribution in [1.29, 1.82) is 0 Å². The van der Waals surface area contributed by atoms with E-state index in [1.165, 1.54) is 6.07 Å². The van der Waals surface area contributed by atoms with Crippen LogP contribution in [0.2, 0.25) is 0 Å². The Bertz CT molecular complexity index is 317. The molecule has 1 aromatic carbocycles. The Balaban J connectivity index is 2.19. The number of hydrogen-bond acceptors (Lipinski definition) is 2. The van der Waals surface area contributed by atoms with Crippen LogP contribution in [0, 0.1) is 5.82 Å². The van der Waals surface area contributed by atoms with Gasteiger partial charge in [-0.15, -0.1) is 0 Å². The highest BCUT2D eigenvalue weighted by Gasteiger charge is 2.04. The molecule has 0 heterocycles. The smallest absolute Gasteiger partial charge is 0.123 e. The van der Waals surface area contributed by atoms with Gasteiger partial charge in [0.1, 0.15) is 5.82 Å². The first kappa shape index (κ1) is 14.1. The number of unbranched alkanes of at least 4 members (excludes halogenated alkanes) is 1. The van der Waals surface area contributed by atoms with E-state index >= 15 is 0 Å². The van der Waals surface area contributed by atoms with Crippen molar-refractivity contribution in [3.8, 4) is 0 Å².